The second-order valence-electron chi connectivity index (χ2n) is 7.32. The van der Waals surface area contributed by atoms with Gasteiger partial charge in [0.05, 0.1) is 6.04 Å². The first-order valence-corrected chi connectivity index (χ1v) is 14.0. The second kappa shape index (κ2) is 18.5. The van der Waals surface area contributed by atoms with Gasteiger partial charge in [0.25, 0.3) is 0 Å². The highest BCUT2D eigenvalue weighted by atomic mass is 32.2. The fourth-order valence-electron chi connectivity index (χ4n) is 2.67. The molecule has 0 aliphatic rings. The lowest BCUT2D eigenvalue weighted by Gasteiger charge is -2.25. The molecule has 4 unspecified atom stereocenters. The number of rotatable bonds is 18. The summed E-state index contributed by atoms with van der Waals surface area (Å²) in [6.07, 6.45) is 5.13. The third-order valence-electron chi connectivity index (χ3n) is 4.59. The first kappa shape index (κ1) is 32.2. The Morgan fingerprint density at radius 1 is 0.882 bits per heavy atom. The number of carbonyl (C=O) groups is 4. The lowest BCUT2D eigenvalue weighted by atomic mass is 10.1. The van der Waals surface area contributed by atoms with Gasteiger partial charge in [-0.05, 0) is 49.7 Å². The Morgan fingerprint density at radius 3 is 1.76 bits per heavy atom. The number of thioether (sulfide) groups is 2. The van der Waals surface area contributed by atoms with Crippen LogP contribution in [0, 0.1) is 0 Å². The number of hydrogen-bond donors (Lipinski definition) is 8. The molecule has 0 aromatic heterocycles. The molecule has 0 rings (SSSR count). The number of aliphatic imine (C=N–C) groups is 1. The number of thiol groups is 1. The van der Waals surface area contributed by atoms with Gasteiger partial charge in [0.2, 0.25) is 17.7 Å². The van der Waals surface area contributed by atoms with Crippen molar-refractivity contribution in [1.29, 1.82) is 0 Å². The summed E-state index contributed by atoms with van der Waals surface area (Å²) in [7, 11) is 0. The van der Waals surface area contributed by atoms with Crippen LogP contribution in [-0.4, -0.2) is 95.2 Å². The van der Waals surface area contributed by atoms with Crippen LogP contribution in [0.1, 0.15) is 25.7 Å². The SMILES string of the molecule is CSCCC(NC(=O)C(N)CCCN=C(N)N)C(=O)NC(CCSC)C(=O)NC(CS)C(=O)O. The highest BCUT2D eigenvalue weighted by Gasteiger charge is 2.29. The molecule has 0 aromatic carbocycles. The lowest BCUT2D eigenvalue weighted by Crippen LogP contribution is -2.57. The van der Waals surface area contributed by atoms with E-state index in [-0.39, 0.29) is 18.1 Å². The van der Waals surface area contributed by atoms with Gasteiger partial charge in [-0.3, -0.25) is 19.4 Å². The molecule has 4 atom stereocenters. The van der Waals surface area contributed by atoms with Crippen LogP contribution in [0.5, 0.6) is 0 Å². The molecular formula is C19H37N7O5S3. The van der Waals surface area contributed by atoms with Crippen LogP contribution in [-0.2, 0) is 19.2 Å². The van der Waals surface area contributed by atoms with E-state index in [1.165, 1.54) is 23.5 Å². The monoisotopic (exact) mass is 539 g/mol. The van der Waals surface area contributed by atoms with Crippen LogP contribution in [0.2, 0.25) is 0 Å². The van der Waals surface area contributed by atoms with E-state index in [1.54, 1.807) is 0 Å². The third-order valence-corrected chi connectivity index (χ3v) is 6.24. The van der Waals surface area contributed by atoms with Crippen molar-refractivity contribution in [3.8, 4) is 0 Å². The van der Waals surface area contributed by atoms with Gasteiger partial charge >= 0.3 is 5.97 Å². The van der Waals surface area contributed by atoms with E-state index >= 15 is 0 Å². The van der Waals surface area contributed by atoms with E-state index in [0.717, 1.165) is 0 Å². The van der Waals surface area contributed by atoms with Crippen molar-refractivity contribution in [3.05, 3.63) is 0 Å². The van der Waals surface area contributed by atoms with Crippen LogP contribution >= 0.6 is 36.2 Å². The standard InChI is InChI=1S/C19H37N7O5S3/c1-33-8-5-12(24-15(27)11(20)4-3-7-23-19(21)22)16(28)25-13(6-9-34-2)17(29)26-14(10-32)18(30)31/h11-14,32H,3-10,20H2,1-2H3,(H,24,27)(H,25,28)(H,26,29)(H,30,31)(H4,21,22,23). The minimum atomic E-state index is -1.22. The lowest BCUT2D eigenvalue weighted by molar-refractivity contribution is -0.141. The third kappa shape index (κ3) is 13.8. The Bertz CT molecular complexity index is 695. The maximum absolute atomic E-state index is 13.0. The Balaban J connectivity index is 5.22. The Labute approximate surface area is 214 Å². The van der Waals surface area contributed by atoms with Crippen molar-refractivity contribution >= 4 is 65.8 Å². The predicted octanol–water partition coefficient (Wildman–Crippen LogP) is -1.66. The summed E-state index contributed by atoms with van der Waals surface area (Å²) in [5.74, 6) is -1.91. The number of aliphatic carboxylic acids is 1. The zero-order valence-corrected chi connectivity index (χ0v) is 22.0. The number of amides is 3. The fourth-order valence-corrected chi connectivity index (χ4v) is 3.86. The van der Waals surface area contributed by atoms with Crippen LogP contribution in [0.4, 0.5) is 0 Å². The maximum Gasteiger partial charge on any atom is 0.327 e. The first-order valence-electron chi connectivity index (χ1n) is 10.6. The molecule has 10 N–H and O–H groups in total. The van der Waals surface area contributed by atoms with Gasteiger partial charge in [0.1, 0.15) is 18.1 Å². The molecule has 34 heavy (non-hydrogen) atoms. The summed E-state index contributed by atoms with van der Waals surface area (Å²) in [4.78, 5) is 53.2. The molecule has 0 radical (unpaired) electrons. The Kier molecular flexibility index (Phi) is 17.5. The smallest absolute Gasteiger partial charge is 0.327 e. The van der Waals surface area contributed by atoms with Crippen LogP contribution in [0.15, 0.2) is 4.99 Å². The number of carboxylic acid groups (broad SMARTS) is 1. The normalized spacial score (nSPS) is 14.2. The average Bonchev–Trinajstić information content (AvgIpc) is 2.79. The quantitative estimate of drug-likeness (QED) is 0.0429. The minimum absolute atomic E-state index is 0.0454. The largest absolute Gasteiger partial charge is 0.480 e. The molecule has 0 aliphatic carbocycles. The molecule has 196 valence electrons. The van der Waals surface area contributed by atoms with E-state index in [2.05, 4.69) is 33.6 Å². The fraction of sp³-hybridized carbons (Fsp3) is 0.737. The highest BCUT2D eigenvalue weighted by molar-refractivity contribution is 7.98. The summed E-state index contributed by atoms with van der Waals surface area (Å²) >= 11 is 6.91. The number of nitrogens with two attached hydrogens (primary N) is 3. The van der Waals surface area contributed by atoms with Gasteiger partial charge in [-0.1, -0.05) is 0 Å². The molecule has 0 saturated heterocycles. The zero-order valence-electron chi connectivity index (χ0n) is 19.5. The van der Waals surface area contributed by atoms with Gasteiger partial charge in [0, 0.05) is 12.3 Å². The molecule has 0 aromatic rings. The van der Waals surface area contributed by atoms with Crippen molar-refractivity contribution in [1.82, 2.24) is 16.0 Å². The summed E-state index contributed by atoms with van der Waals surface area (Å²) in [5, 5.41) is 16.8. The molecular weight excluding hydrogens is 502 g/mol. The van der Waals surface area contributed by atoms with Crippen molar-refractivity contribution in [2.24, 2.45) is 22.2 Å². The van der Waals surface area contributed by atoms with E-state index in [0.29, 0.717) is 37.3 Å². The van der Waals surface area contributed by atoms with Crippen LogP contribution < -0.4 is 33.2 Å². The molecule has 0 heterocycles. The number of carboxylic acids is 1. The molecule has 3 amide bonds. The van der Waals surface area contributed by atoms with Crippen LogP contribution in [0.3, 0.4) is 0 Å². The molecule has 0 aliphatic heterocycles. The van der Waals surface area contributed by atoms with E-state index in [1.807, 2.05) is 12.5 Å². The molecule has 0 saturated carbocycles. The van der Waals surface area contributed by atoms with Gasteiger partial charge in [-0.15, -0.1) is 0 Å². The number of guanidine groups is 1. The molecule has 0 spiro atoms. The Morgan fingerprint density at radius 2 is 1.35 bits per heavy atom. The molecule has 0 fully saturated rings. The van der Waals surface area contributed by atoms with Crippen LogP contribution in [0.25, 0.3) is 0 Å². The Hall–Kier alpha value is -1.84. The number of nitrogens with one attached hydrogen (secondary N) is 3. The molecule has 15 heteroatoms. The van der Waals surface area contributed by atoms with Crippen molar-refractivity contribution < 1.29 is 24.3 Å². The van der Waals surface area contributed by atoms with E-state index in [4.69, 9.17) is 22.3 Å². The topological polar surface area (TPSA) is 215 Å². The maximum atomic E-state index is 13.0. The first-order chi connectivity index (χ1) is 16.1. The molecule has 12 nitrogen and oxygen atoms in total. The zero-order chi connectivity index (χ0) is 26.1. The average molecular weight is 540 g/mol. The van der Waals surface area contributed by atoms with Gasteiger partial charge in [-0.25, -0.2) is 4.79 Å². The van der Waals surface area contributed by atoms with Gasteiger partial charge < -0.3 is 38.3 Å². The summed E-state index contributed by atoms with van der Waals surface area (Å²) in [6, 6.07) is -3.92. The van der Waals surface area contributed by atoms with Crippen molar-refractivity contribution in [2.45, 2.75) is 49.9 Å². The van der Waals surface area contributed by atoms with Gasteiger partial charge in [-0.2, -0.15) is 36.2 Å². The predicted molar refractivity (Wildman–Crippen MR) is 141 cm³/mol. The van der Waals surface area contributed by atoms with Gasteiger partial charge in [0.15, 0.2) is 5.96 Å². The van der Waals surface area contributed by atoms with Crippen molar-refractivity contribution in [2.75, 3.05) is 36.3 Å². The summed E-state index contributed by atoms with van der Waals surface area (Å²) in [5.41, 5.74) is 16.5. The minimum Gasteiger partial charge on any atom is -0.480 e. The highest BCUT2D eigenvalue weighted by Crippen LogP contribution is 2.07. The second-order valence-corrected chi connectivity index (χ2v) is 9.66. The number of nitrogens with zero attached hydrogens (tertiary/aromatic N) is 1. The summed E-state index contributed by atoms with van der Waals surface area (Å²) < 4.78 is 0. The number of hydrogen-bond acceptors (Lipinski definition) is 9. The molecule has 0 bridgehead atoms. The van der Waals surface area contributed by atoms with E-state index in [9.17, 15) is 19.2 Å². The van der Waals surface area contributed by atoms with Crippen molar-refractivity contribution in [3.63, 3.8) is 0 Å². The number of carbonyl (C=O) groups excluding carboxylic acids is 3. The van der Waals surface area contributed by atoms with E-state index < -0.39 is 47.9 Å². The summed E-state index contributed by atoms with van der Waals surface area (Å²) in [6.45, 7) is 0.329.